The summed E-state index contributed by atoms with van der Waals surface area (Å²) < 4.78 is 5.69. The number of aliphatic hydroxyl groups is 1. The summed E-state index contributed by atoms with van der Waals surface area (Å²) in [5, 5.41) is 14.8. The predicted molar refractivity (Wildman–Crippen MR) is 144 cm³/mol. The van der Waals surface area contributed by atoms with Crippen molar-refractivity contribution < 1.29 is 24.2 Å². The number of amides is 3. The first-order chi connectivity index (χ1) is 18.4. The van der Waals surface area contributed by atoms with Gasteiger partial charge in [0.25, 0.3) is 11.8 Å². The van der Waals surface area contributed by atoms with Crippen LogP contribution in [0.4, 0.5) is 5.69 Å². The largest absolute Gasteiger partial charge is 0.491 e. The van der Waals surface area contributed by atoms with Crippen molar-refractivity contribution in [2.24, 2.45) is 0 Å². The molecule has 2 aliphatic rings. The van der Waals surface area contributed by atoms with Crippen molar-refractivity contribution in [1.29, 1.82) is 0 Å². The summed E-state index contributed by atoms with van der Waals surface area (Å²) in [6.45, 7) is 6.24. The summed E-state index contributed by atoms with van der Waals surface area (Å²) in [7, 11) is 0. The molecule has 38 heavy (non-hydrogen) atoms. The van der Waals surface area contributed by atoms with Crippen LogP contribution in [-0.2, 0) is 4.79 Å². The molecule has 0 unspecified atom stereocenters. The molecular weight excluding hydrogens is 484 g/mol. The summed E-state index contributed by atoms with van der Waals surface area (Å²) in [5.74, 6) is 0.0338. The molecule has 2 aliphatic heterocycles. The lowest BCUT2D eigenvalue weighted by Gasteiger charge is -2.36. The van der Waals surface area contributed by atoms with Gasteiger partial charge in [-0.2, -0.15) is 0 Å². The molecule has 0 aliphatic carbocycles. The van der Waals surface area contributed by atoms with Crippen LogP contribution in [0.3, 0.4) is 0 Å². The minimum Gasteiger partial charge on any atom is -0.491 e. The van der Waals surface area contributed by atoms with Gasteiger partial charge in [-0.15, -0.1) is 0 Å². The van der Waals surface area contributed by atoms with Gasteiger partial charge in [-0.05, 0) is 41.8 Å². The molecule has 0 radical (unpaired) electrons. The number of hydrogen-bond acceptors (Lipinski definition) is 7. The van der Waals surface area contributed by atoms with Gasteiger partial charge >= 0.3 is 0 Å². The molecular formula is C29H32N4O5. The van der Waals surface area contributed by atoms with Gasteiger partial charge in [-0.25, -0.2) is 0 Å². The molecule has 9 heteroatoms. The third kappa shape index (κ3) is 5.70. The predicted octanol–water partition coefficient (Wildman–Crippen LogP) is 2.45. The van der Waals surface area contributed by atoms with E-state index in [0.29, 0.717) is 42.2 Å². The Bertz CT molecular complexity index is 1280. The minimum absolute atomic E-state index is 0.133. The highest BCUT2D eigenvalue weighted by Crippen LogP contribution is 2.29. The van der Waals surface area contributed by atoms with Crippen molar-refractivity contribution in [3.8, 4) is 5.75 Å². The first-order valence-electron chi connectivity index (χ1n) is 12.9. The van der Waals surface area contributed by atoms with Crippen molar-refractivity contribution >= 4 is 34.2 Å². The lowest BCUT2D eigenvalue weighted by atomic mass is 9.94. The molecule has 5 rings (SSSR count). The maximum atomic E-state index is 13.1. The number of carbonyl (C=O) groups excluding carboxylic acids is 3. The molecule has 0 aromatic heterocycles. The van der Waals surface area contributed by atoms with E-state index < -0.39 is 6.10 Å². The Labute approximate surface area is 221 Å². The highest BCUT2D eigenvalue weighted by atomic mass is 16.5. The Morgan fingerprint density at radius 3 is 2.11 bits per heavy atom. The van der Waals surface area contributed by atoms with Gasteiger partial charge in [0.2, 0.25) is 5.91 Å². The molecule has 3 aromatic rings. The number of β-amino-alcohol motifs (C(OH)–C–C–N with tert-alkyl or cyclic N) is 1. The van der Waals surface area contributed by atoms with Crippen molar-refractivity contribution in [2.75, 3.05) is 57.7 Å². The second-order valence-corrected chi connectivity index (χ2v) is 9.78. The van der Waals surface area contributed by atoms with E-state index in [1.807, 2.05) is 24.3 Å². The lowest BCUT2D eigenvalue weighted by molar-refractivity contribution is -0.114. The number of rotatable bonds is 9. The third-order valence-electron chi connectivity index (χ3n) is 7.05. The maximum Gasteiger partial charge on any atom is 0.261 e. The van der Waals surface area contributed by atoms with E-state index >= 15 is 0 Å². The van der Waals surface area contributed by atoms with Gasteiger partial charge in [0, 0.05) is 74.9 Å². The maximum absolute atomic E-state index is 13.1. The second-order valence-electron chi connectivity index (χ2n) is 9.78. The topological polar surface area (TPSA) is 102 Å². The van der Waals surface area contributed by atoms with E-state index in [4.69, 9.17) is 4.74 Å². The van der Waals surface area contributed by atoms with Gasteiger partial charge in [0.15, 0.2) is 0 Å². The number of aliphatic hydroxyl groups excluding tert-OH is 1. The van der Waals surface area contributed by atoms with E-state index in [2.05, 4.69) is 15.1 Å². The smallest absolute Gasteiger partial charge is 0.261 e. The van der Waals surface area contributed by atoms with Crippen LogP contribution in [-0.4, -0.2) is 96.1 Å². The van der Waals surface area contributed by atoms with Gasteiger partial charge in [-0.3, -0.25) is 29.1 Å². The quantitative estimate of drug-likeness (QED) is 0.421. The molecule has 1 saturated heterocycles. The van der Waals surface area contributed by atoms with Crippen LogP contribution in [0, 0.1) is 0 Å². The Morgan fingerprint density at radius 2 is 1.50 bits per heavy atom. The number of imide groups is 1. The molecule has 2 N–H and O–H groups in total. The normalized spacial score (nSPS) is 17.1. The number of hydrogen-bond donors (Lipinski definition) is 2. The van der Waals surface area contributed by atoms with Crippen LogP contribution in [0.2, 0.25) is 0 Å². The van der Waals surface area contributed by atoms with Crippen LogP contribution in [0.25, 0.3) is 10.8 Å². The molecule has 1 fully saturated rings. The zero-order valence-corrected chi connectivity index (χ0v) is 21.4. The number of piperazine rings is 1. The monoisotopic (exact) mass is 516 g/mol. The average Bonchev–Trinajstić information content (AvgIpc) is 2.92. The Hall–Kier alpha value is -3.79. The van der Waals surface area contributed by atoms with Crippen LogP contribution in [0.15, 0.2) is 60.7 Å². The molecule has 1 atom stereocenters. The zero-order chi connectivity index (χ0) is 26.6. The van der Waals surface area contributed by atoms with Crippen LogP contribution < -0.4 is 10.1 Å². The van der Waals surface area contributed by atoms with E-state index in [9.17, 15) is 19.5 Å². The summed E-state index contributed by atoms with van der Waals surface area (Å²) in [6, 6.07) is 18.2. The number of nitrogens with one attached hydrogen (secondary N) is 1. The van der Waals surface area contributed by atoms with Crippen LogP contribution in [0.1, 0.15) is 27.6 Å². The van der Waals surface area contributed by atoms with Gasteiger partial charge in [0.05, 0.1) is 0 Å². The van der Waals surface area contributed by atoms with E-state index in [1.165, 1.54) is 11.8 Å². The summed E-state index contributed by atoms with van der Waals surface area (Å²) >= 11 is 0. The molecule has 198 valence electrons. The number of benzene rings is 3. The van der Waals surface area contributed by atoms with E-state index in [0.717, 1.165) is 37.0 Å². The Morgan fingerprint density at radius 1 is 0.895 bits per heavy atom. The number of anilines is 1. The molecule has 0 spiro atoms. The van der Waals surface area contributed by atoms with Crippen molar-refractivity contribution in [2.45, 2.75) is 13.0 Å². The highest BCUT2D eigenvalue weighted by molar-refractivity contribution is 6.25. The Kier molecular flexibility index (Phi) is 7.69. The SMILES string of the molecule is CC(=O)Nc1ccc(OC[C@@H](O)CN2CCN(CCN3C(=O)c4cccc5cccc(c45)C3=O)CC2)cc1. The average molecular weight is 517 g/mol. The van der Waals surface area contributed by atoms with Crippen LogP contribution in [0.5, 0.6) is 5.75 Å². The third-order valence-corrected chi connectivity index (χ3v) is 7.05. The summed E-state index contributed by atoms with van der Waals surface area (Å²) in [6.07, 6.45) is -0.636. The second kappa shape index (κ2) is 11.3. The minimum atomic E-state index is -0.636. The molecule has 3 amide bonds. The Balaban J connectivity index is 1.06. The number of carbonyl (C=O) groups is 3. The van der Waals surface area contributed by atoms with E-state index in [1.54, 1.807) is 36.4 Å². The molecule has 0 bridgehead atoms. The van der Waals surface area contributed by atoms with Gasteiger partial charge in [0.1, 0.15) is 18.5 Å². The summed E-state index contributed by atoms with van der Waals surface area (Å²) in [4.78, 5) is 43.1. The molecule has 9 nitrogen and oxygen atoms in total. The fourth-order valence-electron chi connectivity index (χ4n) is 5.10. The number of ether oxygens (including phenoxy) is 1. The van der Waals surface area contributed by atoms with E-state index in [-0.39, 0.29) is 24.3 Å². The molecule has 0 saturated carbocycles. The van der Waals surface area contributed by atoms with Gasteiger partial charge < -0.3 is 15.2 Å². The lowest BCUT2D eigenvalue weighted by Crippen LogP contribution is -2.51. The van der Waals surface area contributed by atoms with Crippen molar-refractivity contribution in [3.63, 3.8) is 0 Å². The molecule has 3 aromatic carbocycles. The zero-order valence-electron chi connectivity index (χ0n) is 21.4. The first kappa shape index (κ1) is 25.8. The van der Waals surface area contributed by atoms with Gasteiger partial charge in [-0.1, -0.05) is 24.3 Å². The van der Waals surface area contributed by atoms with Crippen molar-refractivity contribution in [1.82, 2.24) is 14.7 Å². The highest BCUT2D eigenvalue weighted by Gasteiger charge is 2.33. The fourth-order valence-corrected chi connectivity index (χ4v) is 5.10. The summed E-state index contributed by atoms with van der Waals surface area (Å²) in [5.41, 5.74) is 1.87. The molecule has 2 heterocycles. The number of nitrogens with zero attached hydrogens (tertiary/aromatic N) is 3. The fraction of sp³-hybridized carbons (Fsp3) is 0.345. The standard InChI is InChI=1S/C29H32N4O5/c1-20(34)30-22-8-10-24(11-9-22)38-19-23(35)18-32-14-12-31(13-15-32)16-17-33-28(36)25-6-2-4-21-5-3-7-26(27(21)25)29(33)37/h2-11,23,35H,12-19H2,1H3,(H,30,34)/t23-/m0/s1. The van der Waals surface area contributed by atoms with Crippen molar-refractivity contribution in [3.05, 3.63) is 71.8 Å². The first-order valence-corrected chi connectivity index (χ1v) is 12.9. The van der Waals surface area contributed by atoms with Crippen LogP contribution >= 0.6 is 0 Å².